The first kappa shape index (κ1) is 18.5. The minimum absolute atomic E-state index is 0.00270. The topological polar surface area (TPSA) is 86.6 Å². The number of amides is 2. The third-order valence-electron chi connectivity index (χ3n) is 4.14. The fraction of sp³-hybridized carbons (Fsp3) is 0.647. The van der Waals surface area contributed by atoms with Gasteiger partial charge in [0.05, 0.1) is 6.26 Å². The highest BCUT2D eigenvalue weighted by Crippen LogP contribution is 2.06. The minimum atomic E-state index is -0.568. The molecule has 2 heterocycles. The van der Waals surface area contributed by atoms with Crippen LogP contribution in [0.25, 0.3) is 0 Å². The van der Waals surface area contributed by atoms with Gasteiger partial charge in [-0.1, -0.05) is 13.8 Å². The third kappa shape index (κ3) is 5.65. The van der Waals surface area contributed by atoms with E-state index >= 15 is 0 Å². The summed E-state index contributed by atoms with van der Waals surface area (Å²) in [6.07, 6.45) is 2.35. The Morgan fingerprint density at radius 3 is 2.71 bits per heavy atom. The van der Waals surface area contributed by atoms with Crippen LogP contribution in [-0.2, 0) is 4.79 Å². The zero-order valence-corrected chi connectivity index (χ0v) is 14.5. The number of nitrogens with zero attached hydrogens (tertiary/aromatic N) is 1. The highest BCUT2D eigenvalue weighted by atomic mass is 16.3. The fourth-order valence-electron chi connectivity index (χ4n) is 2.71. The molecule has 1 unspecified atom stereocenters. The van der Waals surface area contributed by atoms with E-state index in [2.05, 4.69) is 20.9 Å². The molecule has 0 aliphatic carbocycles. The van der Waals surface area contributed by atoms with Crippen LogP contribution in [0.3, 0.4) is 0 Å². The maximum absolute atomic E-state index is 12.4. The molecule has 1 atom stereocenters. The zero-order valence-electron chi connectivity index (χ0n) is 14.5. The lowest BCUT2D eigenvalue weighted by molar-refractivity contribution is -0.123. The van der Waals surface area contributed by atoms with Gasteiger partial charge in [-0.15, -0.1) is 0 Å². The van der Waals surface area contributed by atoms with Crippen molar-refractivity contribution in [1.82, 2.24) is 20.9 Å². The third-order valence-corrected chi connectivity index (χ3v) is 4.14. The van der Waals surface area contributed by atoms with Crippen LogP contribution in [0.2, 0.25) is 0 Å². The van der Waals surface area contributed by atoms with E-state index in [1.807, 2.05) is 13.8 Å². The second-order valence-electron chi connectivity index (χ2n) is 6.41. The number of nitrogens with one attached hydrogen (secondary N) is 3. The quantitative estimate of drug-likeness (QED) is 0.600. The Bertz CT molecular complexity index is 510. The first-order valence-corrected chi connectivity index (χ1v) is 8.63. The maximum atomic E-state index is 12.4. The summed E-state index contributed by atoms with van der Waals surface area (Å²) in [4.78, 5) is 26.8. The number of carbonyl (C=O) groups excluding carboxylic acids is 2. The minimum Gasteiger partial charge on any atom is -0.459 e. The summed E-state index contributed by atoms with van der Waals surface area (Å²) in [7, 11) is 0. The van der Waals surface area contributed by atoms with E-state index in [9.17, 15) is 9.59 Å². The van der Waals surface area contributed by atoms with Crippen molar-refractivity contribution in [3.05, 3.63) is 24.2 Å². The molecule has 1 fully saturated rings. The van der Waals surface area contributed by atoms with Crippen LogP contribution in [0.1, 0.15) is 30.8 Å². The molecule has 2 amide bonds. The van der Waals surface area contributed by atoms with Crippen molar-refractivity contribution in [3.63, 3.8) is 0 Å². The normalized spacial score (nSPS) is 16.8. The lowest BCUT2D eigenvalue weighted by Crippen LogP contribution is -2.50. The van der Waals surface area contributed by atoms with Crippen molar-refractivity contribution in [1.29, 1.82) is 0 Å². The molecule has 0 spiro atoms. The Balaban J connectivity index is 1.73. The van der Waals surface area contributed by atoms with E-state index in [0.717, 1.165) is 39.1 Å². The Labute approximate surface area is 143 Å². The molecular weight excluding hydrogens is 308 g/mol. The Morgan fingerprint density at radius 2 is 2.08 bits per heavy atom. The number of rotatable bonds is 8. The maximum Gasteiger partial charge on any atom is 0.287 e. The molecule has 1 aliphatic rings. The average Bonchev–Trinajstić information content (AvgIpc) is 3.11. The summed E-state index contributed by atoms with van der Waals surface area (Å²) < 4.78 is 5.07. The predicted octanol–water partition coefficient (Wildman–Crippen LogP) is 0.446. The van der Waals surface area contributed by atoms with Gasteiger partial charge in [0.25, 0.3) is 5.91 Å². The van der Waals surface area contributed by atoms with Gasteiger partial charge in [-0.3, -0.25) is 9.59 Å². The molecule has 0 bridgehead atoms. The van der Waals surface area contributed by atoms with Gasteiger partial charge in [0, 0.05) is 32.7 Å². The molecule has 7 nitrogen and oxygen atoms in total. The van der Waals surface area contributed by atoms with Crippen molar-refractivity contribution in [2.45, 2.75) is 26.3 Å². The van der Waals surface area contributed by atoms with Crippen molar-refractivity contribution >= 4 is 11.8 Å². The standard InChI is InChI=1S/C17H28N4O3/c1-13(2)15(20-16(22)14-5-3-12-24-14)17(23)19-6-4-9-21-10-7-18-8-11-21/h3,5,12-13,15,18H,4,6-11H2,1-2H3,(H,19,23)(H,20,22). The van der Waals surface area contributed by atoms with Crippen LogP contribution in [-0.4, -0.2) is 62.0 Å². The Morgan fingerprint density at radius 1 is 1.33 bits per heavy atom. The SMILES string of the molecule is CC(C)C(NC(=O)c1ccco1)C(=O)NCCCN1CCNCC1. The monoisotopic (exact) mass is 336 g/mol. The molecule has 0 saturated carbocycles. The highest BCUT2D eigenvalue weighted by Gasteiger charge is 2.25. The largest absolute Gasteiger partial charge is 0.459 e. The molecule has 3 N–H and O–H groups in total. The second-order valence-corrected chi connectivity index (χ2v) is 6.41. The number of piperazine rings is 1. The van der Waals surface area contributed by atoms with Crippen LogP contribution in [0.4, 0.5) is 0 Å². The van der Waals surface area contributed by atoms with E-state index < -0.39 is 6.04 Å². The molecule has 134 valence electrons. The Kier molecular flexibility index (Phi) is 7.27. The molecule has 0 radical (unpaired) electrons. The smallest absolute Gasteiger partial charge is 0.287 e. The molecule has 1 aromatic heterocycles. The summed E-state index contributed by atoms with van der Waals surface area (Å²) in [5, 5.41) is 8.99. The molecule has 1 aromatic rings. The molecule has 1 saturated heterocycles. The average molecular weight is 336 g/mol. The van der Waals surface area contributed by atoms with Gasteiger partial charge in [0.1, 0.15) is 6.04 Å². The number of carbonyl (C=O) groups is 2. The van der Waals surface area contributed by atoms with Gasteiger partial charge in [-0.2, -0.15) is 0 Å². The van der Waals surface area contributed by atoms with E-state index in [1.165, 1.54) is 6.26 Å². The van der Waals surface area contributed by atoms with Crippen LogP contribution in [0.15, 0.2) is 22.8 Å². The molecule has 0 aromatic carbocycles. The van der Waals surface area contributed by atoms with Crippen LogP contribution >= 0.6 is 0 Å². The first-order valence-electron chi connectivity index (χ1n) is 8.63. The van der Waals surface area contributed by atoms with E-state index in [4.69, 9.17) is 4.42 Å². The molecule has 1 aliphatic heterocycles. The van der Waals surface area contributed by atoms with Crippen LogP contribution in [0.5, 0.6) is 0 Å². The lowest BCUT2D eigenvalue weighted by atomic mass is 10.0. The van der Waals surface area contributed by atoms with E-state index in [0.29, 0.717) is 6.54 Å². The Hall–Kier alpha value is -1.86. The molecule has 2 rings (SSSR count). The number of hydrogen-bond donors (Lipinski definition) is 3. The number of furan rings is 1. The van der Waals surface area contributed by atoms with Gasteiger partial charge in [0.2, 0.25) is 5.91 Å². The summed E-state index contributed by atoms with van der Waals surface area (Å²) in [6, 6.07) is 2.66. The predicted molar refractivity (Wildman–Crippen MR) is 91.7 cm³/mol. The van der Waals surface area contributed by atoms with Gasteiger partial charge < -0.3 is 25.3 Å². The lowest BCUT2D eigenvalue weighted by Gasteiger charge is -2.27. The van der Waals surface area contributed by atoms with Crippen LogP contribution in [0, 0.1) is 5.92 Å². The van der Waals surface area contributed by atoms with Crippen molar-refractivity contribution < 1.29 is 14.0 Å². The zero-order chi connectivity index (χ0) is 17.4. The molecular formula is C17H28N4O3. The summed E-state index contributed by atoms with van der Waals surface area (Å²) in [6.45, 7) is 9.58. The van der Waals surface area contributed by atoms with E-state index in [-0.39, 0.29) is 23.5 Å². The van der Waals surface area contributed by atoms with Gasteiger partial charge in [0.15, 0.2) is 5.76 Å². The fourth-order valence-corrected chi connectivity index (χ4v) is 2.71. The van der Waals surface area contributed by atoms with Gasteiger partial charge in [-0.25, -0.2) is 0 Å². The van der Waals surface area contributed by atoms with Gasteiger partial charge in [-0.05, 0) is 31.0 Å². The van der Waals surface area contributed by atoms with Crippen LogP contribution < -0.4 is 16.0 Å². The molecule has 7 heteroatoms. The summed E-state index contributed by atoms with van der Waals surface area (Å²) >= 11 is 0. The molecule has 24 heavy (non-hydrogen) atoms. The highest BCUT2D eigenvalue weighted by molar-refractivity contribution is 5.95. The first-order chi connectivity index (χ1) is 11.6. The second kappa shape index (κ2) is 9.44. The van der Waals surface area contributed by atoms with Crippen molar-refractivity contribution in [3.8, 4) is 0 Å². The van der Waals surface area contributed by atoms with Crippen molar-refractivity contribution in [2.75, 3.05) is 39.3 Å². The van der Waals surface area contributed by atoms with Crippen molar-refractivity contribution in [2.24, 2.45) is 5.92 Å². The van der Waals surface area contributed by atoms with Gasteiger partial charge >= 0.3 is 0 Å². The summed E-state index contributed by atoms with van der Waals surface area (Å²) in [5.74, 6) is -0.302. The number of hydrogen-bond acceptors (Lipinski definition) is 5. The van der Waals surface area contributed by atoms with E-state index in [1.54, 1.807) is 12.1 Å². The summed E-state index contributed by atoms with van der Waals surface area (Å²) in [5.41, 5.74) is 0.